The van der Waals surface area contributed by atoms with Crippen molar-refractivity contribution in [1.29, 1.82) is 0 Å². The Bertz CT molecular complexity index is 1310. The van der Waals surface area contributed by atoms with Crippen molar-refractivity contribution < 1.29 is 34.4 Å². The van der Waals surface area contributed by atoms with Crippen LogP contribution in [-0.4, -0.2) is 16.8 Å². The molecular weight excluding hydrogens is 460 g/mol. The number of hydrogen-bond acceptors (Lipinski definition) is 4. The van der Waals surface area contributed by atoms with Gasteiger partial charge in [0.25, 0.3) is 20.0 Å². The van der Waals surface area contributed by atoms with Crippen LogP contribution in [0.2, 0.25) is 0 Å². The standard InChI is InChI=1S/C19H14F4N2O4S2/c20-13-9-11-14(12-10-13)30(26,27)24-16-6-2-3-7-17(16)25-31(28,29)18-8-4-1-5-15(18)19(21,22)23/h1-12,24-25H. The van der Waals surface area contributed by atoms with Crippen LogP contribution >= 0.6 is 0 Å². The Morgan fingerprint density at radius 1 is 0.645 bits per heavy atom. The van der Waals surface area contributed by atoms with Crippen LogP contribution in [-0.2, 0) is 26.2 Å². The van der Waals surface area contributed by atoms with Crippen molar-refractivity contribution in [2.75, 3.05) is 9.44 Å². The molecule has 3 aromatic carbocycles. The van der Waals surface area contributed by atoms with Crippen LogP contribution in [0.15, 0.2) is 82.6 Å². The Balaban J connectivity index is 1.97. The molecule has 0 aromatic heterocycles. The smallest absolute Gasteiger partial charge is 0.277 e. The van der Waals surface area contributed by atoms with Crippen LogP contribution in [0.1, 0.15) is 5.56 Å². The number of alkyl halides is 3. The first-order chi connectivity index (χ1) is 14.4. The molecule has 3 aromatic rings. The number of benzene rings is 3. The number of hydrogen-bond donors (Lipinski definition) is 2. The highest BCUT2D eigenvalue weighted by atomic mass is 32.2. The molecule has 0 heterocycles. The summed E-state index contributed by atoms with van der Waals surface area (Å²) in [5.74, 6) is -0.657. The van der Waals surface area contributed by atoms with Gasteiger partial charge in [-0.2, -0.15) is 13.2 Å². The highest BCUT2D eigenvalue weighted by molar-refractivity contribution is 7.93. The molecule has 164 valence electrons. The van der Waals surface area contributed by atoms with Gasteiger partial charge in [0.2, 0.25) is 0 Å². The van der Waals surface area contributed by atoms with E-state index in [1.54, 1.807) is 0 Å². The monoisotopic (exact) mass is 474 g/mol. The van der Waals surface area contributed by atoms with Crippen LogP contribution in [0, 0.1) is 5.82 Å². The number of halogens is 4. The third kappa shape index (κ3) is 5.14. The lowest BCUT2D eigenvalue weighted by molar-refractivity contribution is -0.139. The summed E-state index contributed by atoms with van der Waals surface area (Å²) in [5.41, 5.74) is -1.91. The van der Waals surface area contributed by atoms with E-state index in [9.17, 15) is 34.4 Å². The van der Waals surface area contributed by atoms with E-state index in [-0.39, 0.29) is 16.3 Å². The fourth-order valence-corrected chi connectivity index (χ4v) is 5.00. The summed E-state index contributed by atoms with van der Waals surface area (Å²) in [7, 11) is -8.97. The van der Waals surface area contributed by atoms with E-state index in [1.165, 1.54) is 24.3 Å². The summed E-state index contributed by atoms with van der Waals surface area (Å²) in [5, 5.41) is 0. The lowest BCUT2D eigenvalue weighted by atomic mass is 10.2. The topological polar surface area (TPSA) is 92.3 Å². The third-order valence-electron chi connectivity index (χ3n) is 4.02. The quantitative estimate of drug-likeness (QED) is 0.517. The Labute approximate surface area is 175 Å². The van der Waals surface area contributed by atoms with Gasteiger partial charge in [0.15, 0.2) is 0 Å². The molecule has 0 aliphatic heterocycles. The van der Waals surface area contributed by atoms with E-state index in [4.69, 9.17) is 0 Å². The zero-order valence-corrected chi connectivity index (χ0v) is 17.0. The van der Waals surface area contributed by atoms with Gasteiger partial charge in [0, 0.05) is 0 Å². The minimum absolute atomic E-state index is 0.236. The molecule has 0 spiro atoms. The number of sulfonamides is 2. The normalized spacial score (nSPS) is 12.4. The van der Waals surface area contributed by atoms with Crippen molar-refractivity contribution >= 4 is 31.4 Å². The van der Waals surface area contributed by atoms with E-state index < -0.39 is 42.5 Å². The van der Waals surface area contributed by atoms with Crippen LogP contribution < -0.4 is 9.44 Å². The Kier molecular flexibility index (Phi) is 5.96. The molecule has 0 aliphatic rings. The minimum Gasteiger partial charge on any atom is -0.277 e. The van der Waals surface area contributed by atoms with E-state index in [2.05, 4.69) is 4.72 Å². The molecule has 0 bridgehead atoms. The van der Waals surface area contributed by atoms with Crippen molar-refractivity contribution in [3.63, 3.8) is 0 Å². The molecule has 0 atom stereocenters. The van der Waals surface area contributed by atoms with Gasteiger partial charge in [-0.25, -0.2) is 21.2 Å². The van der Waals surface area contributed by atoms with Gasteiger partial charge in [0.1, 0.15) is 5.82 Å². The van der Waals surface area contributed by atoms with Crippen LogP contribution in [0.3, 0.4) is 0 Å². The first-order valence-corrected chi connectivity index (χ1v) is 11.4. The number of nitrogens with one attached hydrogen (secondary N) is 2. The second kappa shape index (κ2) is 8.19. The molecule has 0 saturated carbocycles. The highest BCUT2D eigenvalue weighted by Crippen LogP contribution is 2.35. The molecule has 12 heteroatoms. The van der Waals surface area contributed by atoms with Gasteiger partial charge in [-0.3, -0.25) is 9.44 Å². The number of para-hydroxylation sites is 2. The molecule has 0 amide bonds. The lowest BCUT2D eigenvalue weighted by Gasteiger charge is -2.17. The van der Waals surface area contributed by atoms with Gasteiger partial charge in [-0.1, -0.05) is 24.3 Å². The Morgan fingerprint density at radius 3 is 1.68 bits per heavy atom. The molecule has 0 aliphatic carbocycles. The van der Waals surface area contributed by atoms with Crippen molar-refractivity contribution in [3.8, 4) is 0 Å². The summed E-state index contributed by atoms with van der Waals surface area (Å²) in [6.07, 6.45) is -4.92. The first-order valence-electron chi connectivity index (χ1n) is 8.47. The van der Waals surface area contributed by atoms with Crippen molar-refractivity contribution in [2.45, 2.75) is 16.0 Å². The molecule has 2 N–H and O–H groups in total. The fraction of sp³-hybridized carbons (Fsp3) is 0.0526. The largest absolute Gasteiger partial charge is 0.417 e. The highest BCUT2D eigenvalue weighted by Gasteiger charge is 2.37. The zero-order chi connectivity index (χ0) is 22.9. The summed E-state index contributed by atoms with van der Waals surface area (Å²) in [4.78, 5) is -1.31. The van der Waals surface area contributed by atoms with Crippen molar-refractivity contribution in [1.82, 2.24) is 0 Å². The number of rotatable bonds is 6. The molecule has 0 saturated heterocycles. The second-order valence-electron chi connectivity index (χ2n) is 6.20. The maximum Gasteiger partial charge on any atom is 0.417 e. The third-order valence-corrected chi connectivity index (χ3v) is 6.83. The average Bonchev–Trinajstić information content (AvgIpc) is 2.69. The van der Waals surface area contributed by atoms with Crippen molar-refractivity contribution in [2.24, 2.45) is 0 Å². The predicted molar refractivity (Wildman–Crippen MR) is 106 cm³/mol. The van der Waals surface area contributed by atoms with Crippen LogP contribution in [0.25, 0.3) is 0 Å². The molecule has 0 radical (unpaired) electrons. The van der Waals surface area contributed by atoms with E-state index in [0.29, 0.717) is 6.07 Å². The average molecular weight is 474 g/mol. The first kappa shape index (κ1) is 22.6. The van der Waals surface area contributed by atoms with E-state index in [0.717, 1.165) is 42.5 Å². The van der Waals surface area contributed by atoms with Gasteiger partial charge in [-0.15, -0.1) is 0 Å². The van der Waals surface area contributed by atoms with E-state index >= 15 is 0 Å². The van der Waals surface area contributed by atoms with Gasteiger partial charge in [-0.05, 0) is 48.5 Å². The van der Waals surface area contributed by atoms with Crippen LogP contribution in [0.4, 0.5) is 28.9 Å². The van der Waals surface area contributed by atoms with Crippen LogP contribution in [0.5, 0.6) is 0 Å². The lowest BCUT2D eigenvalue weighted by Crippen LogP contribution is -2.20. The molecule has 6 nitrogen and oxygen atoms in total. The maximum absolute atomic E-state index is 13.2. The molecular formula is C19H14F4N2O4S2. The summed E-state index contributed by atoms with van der Waals surface area (Å²) in [6, 6.07) is 12.6. The summed E-state index contributed by atoms with van der Waals surface area (Å²) >= 11 is 0. The fourth-order valence-electron chi connectivity index (χ4n) is 2.61. The minimum atomic E-state index is -4.92. The molecule has 0 unspecified atom stereocenters. The van der Waals surface area contributed by atoms with Gasteiger partial charge in [0.05, 0.1) is 26.7 Å². The predicted octanol–water partition coefficient (Wildman–Crippen LogP) is 4.45. The van der Waals surface area contributed by atoms with Gasteiger partial charge < -0.3 is 0 Å². The second-order valence-corrected chi connectivity index (χ2v) is 9.54. The van der Waals surface area contributed by atoms with Gasteiger partial charge >= 0.3 is 6.18 Å². The number of anilines is 2. The SMILES string of the molecule is O=S(=O)(Nc1ccccc1NS(=O)(=O)c1ccccc1C(F)(F)F)c1ccc(F)cc1. The Hall–Kier alpha value is -3.12. The van der Waals surface area contributed by atoms with Crippen molar-refractivity contribution in [3.05, 3.63) is 84.2 Å². The maximum atomic E-state index is 13.2. The summed E-state index contributed by atoms with van der Waals surface area (Å²) < 4.78 is 107. The molecule has 31 heavy (non-hydrogen) atoms. The van der Waals surface area contributed by atoms with E-state index in [1.807, 2.05) is 4.72 Å². The molecule has 3 rings (SSSR count). The summed E-state index contributed by atoms with van der Waals surface area (Å²) in [6.45, 7) is 0. The Morgan fingerprint density at radius 2 is 1.13 bits per heavy atom. The molecule has 0 fully saturated rings. The zero-order valence-electron chi connectivity index (χ0n) is 15.4.